The van der Waals surface area contributed by atoms with Gasteiger partial charge < -0.3 is 15.7 Å². The van der Waals surface area contributed by atoms with Gasteiger partial charge in [0.2, 0.25) is 0 Å². The minimum Gasteiger partial charge on any atom is -0.391 e. The molecule has 2 rings (SSSR count). The fourth-order valence-electron chi connectivity index (χ4n) is 2.06. The van der Waals surface area contributed by atoms with Gasteiger partial charge in [0.1, 0.15) is 0 Å². The Balaban J connectivity index is 1.82. The largest absolute Gasteiger partial charge is 0.391 e. The topological polar surface area (TPSA) is 92.1 Å². The van der Waals surface area contributed by atoms with E-state index < -0.39 is 6.10 Å². The number of aromatic nitrogens is 3. The lowest BCUT2D eigenvalue weighted by molar-refractivity contribution is 0.148. The summed E-state index contributed by atoms with van der Waals surface area (Å²) in [5.41, 5.74) is 1.52. The van der Waals surface area contributed by atoms with Crippen LogP contribution in [0.1, 0.15) is 20.3 Å². The number of nitrogens with zero attached hydrogens (tertiary/aromatic N) is 3. The van der Waals surface area contributed by atoms with Crippen LogP contribution in [0.15, 0.2) is 36.7 Å². The molecule has 22 heavy (non-hydrogen) atoms. The van der Waals surface area contributed by atoms with E-state index in [2.05, 4.69) is 20.9 Å². The lowest BCUT2D eigenvalue weighted by Gasteiger charge is -2.14. The first-order chi connectivity index (χ1) is 10.5. The fraction of sp³-hybridized carbons (Fsp3) is 0.400. The van der Waals surface area contributed by atoms with E-state index in [4.69, 9.17) is 0 Å². The summed E-state index contributed by atoms with van der Waals surface area (Å²) in [6, 6.07) is 6.88. The van der Waals surface area contributed by atoms with Crippen molar-refractivity contribution in [2.45, 2.75) is 26.4 Å². The molecule has 1 aromatic heterocycles. The Labute approximate surface area is 129 Å². The van der Waals surface area contributed by atoms with E-state index in [1.54, 1.807) is 29.2 Å². The third-order valence-corrected chi connectivity index (χ3v) is 3.05. The predicted molar refractivity (Wildman–Crippen MR) is 83.8 cm³/mol. The molecule has 1 unspecified atom stereocenters. The number of nitrogens with one attached hydrogen (secondary N) is 2. The van der Waals surface area contributed by atoms with Gasteiger partial charge in [0.05, 0.1) is 24.2 Å². The number of carbonyl (C=O) groups is 1. The van der Waals surface area contributed by atoms with Gasteiger partial charge in [0, 0.05) is 12.2 Å². The summed E-state index contributed by atoms with van der Waals surface area (Å²) in [7, 11) is 0. The highest BCUT2D eigenvalue weighted by Gasteiger charge is 2.09. The van der Waals surface area contributed by atoms with Crippen molar-refractivity contribution in [1.29, 1.82) is 0 Å². The lowest BCUT2D eigenvalue weighted by Crippen LogP contribution is -2.35. The maximum Gasteiger partial charge on any atom is 0.319 e. The van der Waals surface area contributed by atoms with Crippen molar-refractivity contribution >= 4 is 11.7 Å². The molecule has 0 spiro atoms. The van der Waals surface area contributed by atoms with Gasteiger partial charge >= 0.3 is 6.03 Å². The Kier molecular flexibility index (Phi) is 5.48. The zero-order valence-electron chi connectivity index (χ0n) is 12.7. The average Bonchev–Trinajstić information content (AvgIpc) is 2.99. The van der Waals surface area contributed by atoms with Crippen molar-refractivity contribution in [3.8, 4) is 5.69 Å². The number of hydrogen-bond donors (Lipinski definition) is 3. The summed E-state index contributed by atoms with van der Waals surface area (Å²) in [5, 5.41) is 22.7. The van der Waals surface area contributed by atoms with Crippen LogP contribution in [0.2, 0.25) is 0 Å². The zero-order chi connectivity index (χ0) is 15.9. The summed E-state index contributed by atoms with van der Waals surface area (Å²) >= 11 is 0. The Morgan fingerprint density at radius 1 is 1.32 bits per heavy atom. The van der Waals surface area contributed by atoms with Crippen molar-refractivity contribution in [3.63, 3.8) is 0 Å². The minimum absolute atomic E-state index is 0.237. The molecule has 2 aromatic rings. The van der Waals surface area contributed by atoms with Crippen LogP contribution in [0, 0.1) is 5.92 Å². The number of aliphatic hydroxyl groups excluding tert-OH is 1. The lowest BCUT2D eigenvalue weighted by atomic mass is 10.1. The van der Waals surface area contributed by atoms with Crippen LogP contribution in [0.3, 0.4) is 0 Å². The highest BCUT2D eigenvalue weighted by Crippen LogP contribution is 2.12. The van der Waals surface area contributed by atoms with Crippen LogP contribution >= 0.6 is 0 Å². The predicted octanol–water partition coefficient (Wildman–Crippen LogP) is 1.80. The second kappa shape index (κ2) is 7.56. The number of carbonyl (C=O) groups excluding carboxylic acids is 1. The van der Waals surface area contributed by atoms with E-state index in [0.717, 1.165) is 5.69 Å². The Hall–Kier alpha value is -2.41. The molecular weight excluding hydrogens is 282 g/mol. The maximum absolute atomic E-state index is 11.8. The molecule has 0 saturated heterocycles. The molecule has 0 aliphatic rings. The van der Waals surface area contributed by atoms with Crippen LogP contribution in [-0.4, -0.2) is 38.8 Å². The van der Waals surface area contributed by atoms with Gasteiger partial charge in [0.25, 0.3) is 0 Å². The molecule has 118 valence electrons. The average molecular weight is 303 g/mol. The van der Waals surface area contributed by atoms with Gasteiger partial charge in [-0.1, -0.05) is 19.1 Å². The van der Waals surface area contributed by atoms with E-state index in [1.807, 2.05) is 26.0 Å². The Morgan fingerprint density at radius 2 is 2.05 bits per heavy atom. The fourth-order valence-corrected chi connectivity index (χ4v) is 2.06. The number of rotatable bonds is 6. The SMILES string of the molecule is CC(C)CC(O)CNC(=O)Nc1ccc(-n2ccnn2)cc1. The zero-order valence-corrected chi connectivity index (χ0v) is 12.7. The summed E-state index contributed by atoms with van der Waals surface area (Å²) < 4.78 is 1.63. The minimum atomic E-state index is -0.527. The third-order valence-electron chi connectivity index (χ3n) is 3.05. The highest BCUT2D eigenvalue weighted by atomic mass is 16.3. The van der Waals surface area contributed by atoms with Crippen molar-refractivity contribution in [2.75, 3.05) is 11.9 Å². The number of anilines is 1. The molecule has 0 aliphatic heterocycles. The van der Waals surface area contributed by atoms with Gasteiger partial charge in [-0.05, 0) is 36.6 Å². The van der Waals surface area contributed by atoms with Gasteiger partial charge in [-0.15, -0.1) is 5.10 Å². The van der Waals surface area contributed by atoms with Crippen LogP contribution in [0.4, 0.5) is 10.5 Å². The molecule has 7 nitrogen and oxygen atoms in total. The monoisotopic (exact) mass is 303 g/mol. The van der Waals surface area contributed by atoms with Gasteiger partial charge in [0.15, 0.2) is 0 Å². The van der Waals surface area contributed by atoms with Crippen molar-refractivity contribution < 1.29 is 9.90 Å². The van der Waals surface area contributed by atoms with E-state index >= 15 is 0 Å². The quantitative estimate of drug-likeness (QED) is 0.758. The summed E-state index contributed by atoms with van der Waals surface area (Å²) in [5.74, 6) is 0.393. The molecular formula is C15H21N5O2. The Morgan fingerprint density at radius 3 is 2.64 bits per heavy atom. The van der Waals surface area contributed by atoms with E-state index in [0.29, 0.717) is 18.0 Å². The van der Waals surface area contributed by atoms with Crippen molar-refractivity contribution in [1.82, 2.24) is 20.3 Å². The van der Waals surface area contributed by atoms with Crippen LogP contribution in [0.5, 0.6) is 0 Å². The van der Waals surface area contributed by atoms with E-state index in [1.165, 1.54) is 0 Å². The molecule has 7 heteroatoms. The molecule has 0 bridgehead atoms. The molecule has 0 saturated carbocycles. The van der Waals surface area contributed by atoms with Crippen molar-refractivity contribution in [2.24, 2.45) is 5.92 Å². The number of hydrogen-bond acceptors (Lipinski definition) is 4. The van der Waals surface area contributed by atoms with Gasteiger partial charge in [-0.2, -0.15) is 0 Å². The number of aliphatic hydroxyl groups is 1. The second-order valence-electron chi connectivity index (χ2n) is 5.51. The first kappa shape index (κ1) is 16.0. The normalized spacial score (nSPS) is 12.2. The summed E-state index contributed by atoms with van der Waals surface area (Å²) in [4.78, 5) is 11.8. The maximum atomic E-state index is 11.8. The van der Waals surface area contributed by atoms with Crippen LogP contribution in [0.25, 0.3) is 5.69 Å². The molecule has 1 atom stereocenters. The molecule has 3 N–H and O–H groups in total. The molecule has 0 fully saturated rings. The van der Waals surface area contributed by atoms with Crippen LogP contribution < -0.4 is 10.6 Å². The molecule has 0 radical (unpaired) electrons. The van der Waals surface area contributed by atoms with Gasteiger partial charge in [-0.25, -0.2) is 9.48 Å². The standard InChI is InChI=1S/C15H21N5O2/c1-11(2)9-14(21)10-16-15(22)18-12-3-5-13(6-4-12)20-8-7-17-19-20/h3-8,11,14,21H,9-10H2,1-2H3,(H2,16,18,22). The van der Waals surface area contributed by atoms with Crippen LogP contribution in [-0.2, 0) is 0 Å². The smallest absolute Gasteiger partial charge is 0.319 e. The first-order valence-electron chi connectivity index (χ1n) is 7.24. The summed E-state index contributed by atoms with van der Waals surface area (Å²) in [6.45, 7) is 4.29. The van der Waals surface area contributed by atoms with E-state index in [9.17, 15) is 9.90 Å². The molecule has 2 amide bonds. The van der Waals surface area contributed by atoms with Gasteiger partial charge in [-0.3, -0.25) is 0 Å². The molecule has 0 aliphatic carbocycles. The number of amides is 2. The number of urea groups is 1. The Bertz CT molecular complexity index is 580. The summed E-state index contributed by atoms with van der Waals surface area (Å²) in [6.07, 6.45) is 3.47. The van der Waals surface area contributed by atoms with Crippen molar-refractivity contribution in [3.05, 3.63) is 36.7 Å². The first-order valence-corrected chi connectivity index (χ1v) is 7.24. The van der Waals surface area contributed by atoms with E-state index in [-0.39, 0.29) is 12.6 Å². The second-order valence-corrected chi connectivity index (χ2v) is 5.51. The third kappa shape index (κ3) is 4.85. The molecule has 1 heterocycles. The highest BCUT2D eigenvalue weighted by molar-refractivity contribution is 5.89. The number of benzene rings is 1. The molecule has 1 aromatic carbocycles.